The fourth-order valence-electron chi connectivity index (χ4n) is 2.28. The molecule has 1 aromatic heterocycles. The van der Waals surface area contributed by atoms with Gasteiger partial charge in [-0.2, -0.15) is 0 Å². The zero-order valence-electron chi connectivity index (χ0n) is 14.6. The van der Waals surface area contributed by atoms with Crippen LogP contribution in [0.1, 0.15) is 10.5 Å². The molecule has 3 rings (SSSR count). The summed E-state index contributed by atoms with van der Waals surface area (Å²) in [4.78, 5) is 27.1. The highest BCUT2D eigenvalue weighted by Gasteiger charge is 2.11. The predicted octanol–water partition coefficient (Wildman–Crippen LogP) is 5.06. The van der Waals surface area contributed by atoms with Gasteiger partial charge in [-0.3, -0.25) is 9.78 Å². The fourth-order valence-corrected chi connectivity index (χ4v) is 2.61. The second-order valence-electron chi connectivity index (χ2n) is 5.69. The summed E-state index contributed by atoms with van der Waals surface area (Å²) >= 11 is 11.8. The molecule has 29 heavy (non-hydrogen) atoms. The summed E-state index contributed by atoms with van der Waals surface area (Å²) in [7, 11) is 0. The molecular weight excluding hydrogens is 422 g/mol. The normalized spacial score (nSPS) is 10.3. The van der Waals surface area contributed by atoms with Crippen molar-refractivity contribution < 1.29 is 18.7 Å². The first-order valence-electron chi connectivity index (χ1n) is 8.08. The van der Waals surface area contributed by atoms with E-state index in [1.165, 1.54) is 42.6 Å². The number of nitrogens with zero attached hydrogens (tertiary/aromatic N) is 1. The summed E-state index contributed by atoms with van der Waals surface area (Å²) in [6.45, 7) is 0. The summed E-state index contributed by atoms with van der Waals surface area (Å²) in [5.74, 6) is -1.05. The van der Waals surface area contributed by atoms with Gasteiger partial charge in [-0.1, -0.05) is 23.2 Å². The van der Waals surface area contributed by atoms with Crippen molar-refractivity contribution >= 4 is 46.5 Å². The van der Waals surface area contributed by atoms with Crippen LogP contribution < -0.4 is 21.1 Å². The van der Waals surface area contributed by atoms with E-state index in [0.29, 0.717) is 5.02 Å². The van der Waals surface area contributed by atoms with Gasteiger partial charge in [0.25, 0.3) is 5.91 Å². The molecule has 148 valence electrons. The first-order valence-corrected chi connectivity index (χ1v) is 8.84. The Morgan fingerprint density at radius 1 is 0.966 bits per heavy atom. The van der Waals surface area contributed by atoms with Crippen molar-refractivity contribution in [1.29, 1.82) is 0 Å². The third-order valence-electron chi connectivity index (χ3n) is 3.58. The molecule has 0 radical (unpaired) electrons. The molecule has 0 atom stereocenters. The van der Waals surface area contributed by atoms with Gasteiger partial charge in [-0.25, -0.2) is 9.18 Å². The van der Waals surface area contributed by atoms with Crippen molar-refractivity contribution in [2.75, 3.05) is 10.6 Å². The van der Waals surface area contributed by atoms with E-state index in [1.807, 2.05) is 0 Å². The molecule has 3 aromatic rings. The van der Waals surface area contributed by atoms with Crippen LogP contribution in [0.5, 0.6) is 11.5 Å². The van der Waals surface area contributed by atoms with Crippen LogP contribution in [0.2, 0.25) is 10.0 Å². The topological polar surface area (TPSA) is 106 Å². The number of nitrogens with one attached hydrogen (secondary N) is 2. The molecule has 0 aliphatic rings. The quantitative estimate of drug-likeness (QED) is 0.521. The number of ether oxygens (including phenoxy) is 1. The van der Waals surface area contributed by atoms with Gasteiger partial charge in [-0.15, -0.1) is 0 Å². The Hall–Kier alpha value is -3.36. The van der Waals surface area contributed by atoms with Crippen LogP contribution in [0.3, 0.4) is 0 Å². The lowest BCUT2D eigenvalue weighted by Crippen LogP contribution is -2.20. The van der Waals surface area contributed by atoms with Gasteiger partial charge >= 0.3 is 6.03 Å². The summed E-state index contributed by atoms with van der Waals surface area (Å²) in [6, 6.07) is 10.5. The Kier molecular flexibility index (Phi) is 6.16. The maximum absolute atomic E-state index is 14.3. The summed E-state index contributed by atoms with van der Waals surface area (Å²) in [5.41, 5.74) is 5.37. The van der Waals surface area contributed by atoms with Crippen LogP contribution in [-0.4, -0.2) is 16.9 Å². The molecule has 0 unspecified atom stereocenters. The van der Waals surface area contributed by atoms with Gasteiger partial charge in [0, 0.05) is 23.4 Å². The van der Waals surface area contributed by atoms with E-state index in [0.717, 1.165) is 6.07 Å². The van der Waals surface area contributed by atoms with Gasteiger partial charge < -0.3 is 21.1 Å². The highest BCUT2D eigenvalue weighted by atomic mass is 35.5. The molecule has 0 aliphatic heterocycles. The van der Waals surface area contributed by atoms with Crippen molar-refractivity contribution in [2.24, 2.45) is 5.73 Å². The number of hydrogen-bond acceptors (Lipinski definition) is 4. The number of benzene rings is 2. The van der Waals surface area contributed by atoms with E-state index in [2.05, 4.69) is 15.6 Å². The minimum Gasteiger partial charge on any atom is -0.457 e. The Morgan fingerprint density at radius 3 is 2.41 bits per heavy atom. The van der Waals surface area contributed by atoms with Crippen LogP contribution in [0, 0.1) is 5.82 Å². The zero-order chi connectivity index (χ0) is 21.0. The second kappa shape index (κ2) is 8.76. The SMILES string of the molecule is NC(=O)c1cc(Oc2ccc(NC(=O)Nc3cc(Cl)ccc3Cl)c(F)c2)ccn1. The van der Waals surface area contributed by atoms with Gasteiger partial charge in [-0.05, 0) is 36.4 Å². The highest BCUT2D eigenvalue weighted by molar-refractivity contribution is 6.35. The first kappa shape index (κ1) is 20.4. The number of carbonyl (C=O) groups is 2. The molecule has 0 aliphatic carbocycles. The predicted molar refractivity (Wildman–Crippen MR) is 108 cm³/mol. The Labute approximate surface area is 174 Å². The summed E-state index contributed by atoms with van der Waals surface area (Å²) in [5, 5.41) is 5.51. The van der Waals surface area contributed by atoms with E-state index >= 15 is 0 Å². The van der Waals surface area contributed by atoms with Crippen molar-refractivity contribution in [3.05, 3.63) is 76.3 Å². The number of aromatic nitrogens is 1. The highest BCUT2D eigenvalue weighted by Crippen LogP contribution is 2.27. The zero-order valence-corrected chi connectivity index (χ0v) is 16.1. The largest absolute Gasteiger partial charge is 0.457 e. The average molecular weight is 435 g/mol. The van der Waals surface area contributed by atoms with Crippen molar-refractivity contribution in [3.63, 3.8) is 0 Å². The lowest BCUT2D eigenvalue weighted by Gasteiger charge is -2.11. The lowest BCUT2D eigenvalue weighted by molar-refractivity contribution is 0.0995. The number of pyridine rings is 1. The molecule has 3 amide bonds. The maximum Gasteiger partial charge on any atom is 0.323 e. The summed E-state index contributed by atoms with van der Waals surface area (Å²) < 4.78 is 19.8. The molecule has 2 aromatic carbocycles. The number of anilines is 2. The molecule has 7 nitrogen and oxygen atoms in total. The monoisotopic (exact) mass is 434 g/mol. The maximum atomic E-state index is 14.3. The van der Waals surface area contributed by atoms with E-state index in [1.54, 1.807) is 6.07 Å². The number of urea groups is 1. The van der Waals surface area contributed by atoms with Gasteiger partial charge in [0.2, 0.25) is 0 Å². The number of rotatable bonds is 5. The minimum absolute atomic E-state index is 0.0117. The number of primary amides is 1. The molecule has 0 bridgehead atoms. The molecule has 0 fully saturated rings. The number of amides is 3. The van der Waals surface area contributed by atoms with E-state index in [9.17, 15) is 14.0 Å². The van der Waals surface area contributed by atoms with Crippen LogP contribution >= 0.6 is 23.2 Å². The standard InChI is InChI=1S/C19H13Cl2FN4O3/c20-10-1-3-13(21)16(7-10)26-19(28)25-15-4-2-11(8-14(15)22)29-12-5-6-24-17(9-12)18(23)27/h1-9H,(H2,23,27)(H2,25,26,28). The Morgan fingerprint density at radius 2 is 1.69 bits per heavy atom. The molecule has 0 spiro atoms. The Bertz CT molecular complexity index is 1090. The molecule has 1 heterocycles. The smallest absolute Gasteiger partial charge is 0.323 e. The number of hydrogen-bond donors (Lipinski definition) is 3. The van der Waals surface area contributed by atoms with E-state index in [-0.39, 0.29) is 33.6 Å². The molecule has 10 heteroatoms. The van der Waals surface area contributed by atoms with Gasteiger partial charge in [0.05, 0.1) is 16.4 Å². The van der Waals surface area contributed by atoms with E-state index < -0.39 is 17.8 Å². The second-order valence-corrected chi connectivity index (χ2v) is 6.53. The first-order chi connectivity index (χ1) is 13.8. The lowest BCUT2D eigenvalue weighted by atomic mass is 10.2. The number of carbonyl (C=O) groups excluding carboxylic acids is 2. The van der Waals surface area contributed by atoms with Crippen LogP contribution in [0.25, 0.3) is 0 Å². The van der Waals surface area contributed by atoms with E-state index in [4.69, 9.17) is 33.7 Å². The molecule has 0 saturated carbocycles. The van der Waals surface area contributed by atoms with Crippen LogP contribution in [0.4, 0.5) is 20.6 Å². The van der Waals surface area contributed by atoms with Crippen molar-refractivity contribution in [1.82, 2.24) is 4.98 Å². The van der Waals surface area contributed by atoms with Gasteiger partial charge in [0.1, 0.15) is 23.0 Å². The van der Waals surface area contributed by atoms with Crippen molar-refractivity contribution in [3.8, 4) is 11.5 Å². The Balaban J connectivity index is 1.69. The fraction of sp³-hybridized carbons (Fsp3) is 0. The number of nitrogens with two attached hydrogens (primary N) is 1. The third-order valence-corrected chi connectivity index (χ3v) is 4.15. The minimum atomic E-state index is -0.737. The van der Waals surface area contributed by atoms with Crippen LogP contribution in [0.15, 0.2) is 54.7 Å². The molecular formula is C19H13Cl2FN4O3. The van der Waals surface area contributed by atoms with Crippen LogP contribution in [-0.2, 0) is 0 Å². The average Bonchev–Trinajstić information content (AvgIpc) is 2.67. The molecule has 4 N–H and O–H groups in total. The van der Waals surface area contributed by atoms with Crippen molar-refractivity contribution in [2.45, 2.75) is 0 Å². The third kappa shape index (κ3) is 5.34. The molecule has 0 saturated heterocycles. The van der Waals surface area contributed by atoms with Gasteiger partial charge in [0.15, 0.2) is 0 Å². The summed E-state index contributed by atoms with van der Waals surface area (Å²) in [6.07, 6.45) is 1.34. The number of halogens is 3.